The van der Waals surface area contributed by atoms with E-state index >= 15 is 0 Å². The van der Waals surface area contributed by atoms with Gasteiger partial charge in [0.15, 0.2) is 5.16 Å². The second-order valence-electron chi connectivity index (χ2n) is 5.66. The van der Waals surface area contributed by atoms with Crippen LogP contribution in [0.3, 0.4) is 0 Å². The topological polar surface area (TPSA) is 64.4 Å². The second-order valence-corrected chi connectivity index (χ2v) is 6.65. The molecular weight excluding hydrogens is 290 g/mol. The minimum atomic E-state index is -0.0906. The Balaban J connectivity index is 1.71. The predicted molar refractivity (Wildman–Crippen MR) is 79.5 cm³/mol. The molecule has 3 heterocycles. The summed E-state index contributed by atoms with van der Waals surface area (Å²) >= 11 is 1.54. The zero-order valence-corrected chi connectivity index (χ0v) is 13.0. The second kappa shape index (κ2) is 5.81. The fourth-order valence-electron chi connectivity index (χ4n) is 2.95. The van der Waals surface area contributed by atoms with E-state index in [0.717, 1.165) is 5.75 Å². The molecule has 1 fully saturated rings. The van der Waals surface area contributed by atoms with Crippen LogP contribution in [-0.2, 0) is 9.53 Å². The van der Waals surface area contributed by atoms with Crippen molar-refractivity contribution >= 4 is 17.7 Å². The number of amides is 1. The zero-order chi connectivity index (χ0) is 15.0. The Bertz CT molecular complexity index is 593. The van der Waals surface area contributed by atoms with Crippen LogP contribution in [0, 0.1) is 0 Å². The number of aromatic nitrogens is 2. The molecule has 2 aliphatic rings. The molecule has 114 valence electrons. The van der Waals surface area contributed by atoms with Gasteiger partial charge >= 0.3 is 0 Å². The number of rotatable bonds is 2. The van der Waals surface area contributed by atoms with Crippen molar-refractivity contribution < 1.29 is 9.53 Å². The fraction of sp³-hybridized carbons (Fsp3) is 0.643. The van der Waals surface area contributed by atoms with Gasteiger partial charge in [-0.15, -0.1) is 0 Å². The summed E-state index contributed by atoms with van der Waals surface area (Å²) in [5, 5.41) is 0.712. The third-order valence-electron chi connectivity index (χ3n) is 3.80. The van der Waals surface area contributed by atoms with Crippen LogP contribution in [0.1, 0.15) is 26.3 Å². The van der Waals surface area contributed by atoms with Crippen molar-refractivity contribution in [2.75, 3.05) is 18.8 Å². The van der Waals surface area contributed by atoms with Crippen molar-refractivity contribution in [2.24, 2.45) is 0 Å². The summed E-state index contributed by atoms with van der Waals surface area (Å²) in [5.74, 6) is 0.819. The van der Waals surface area contributed by atoms with Gasteiger partial charge in [-0.25, -0.2) is 4.98 Å². The van der Waals surface area contributed by atoms with Gasteiger partial charge in [0, 0.05) is 37.5 Å². The lowest BCUT2D eigenvalue weighted by molar-refractivity contribution is -0.143. The Morgan fingerprint density at radius 2 is 2.14 bits per heavy atom. The fourth-order valence-corrected chi connectivity index (χ4v) is 4.07. The van der Waals surface area contributed by atoms with E-state index in [4.69, 9.17) is 4.74 Å². The van der Waals surface area contributed by atoms with Crippen LogP contribution in [-0.4, -0.2) is 51.4 Å². The quantitative estimate of drug-likeness (QED) is 0.760. The summed E-state index contributed by atoms with van der Waals surface area (Å²) < 4.78 is 7.30. The summed E-state index contributed by atoms with van der Waals surface area (Å²) in [6.07, 6.45) is 2.00. The first-order valence-corrected chi connectivity index (χ1v) is 8.16. The van der Waals surface area contributed by atoms with Crippen LogP contribution in [0.5, 0.6) is 0 Å². The lowest BCUT2D eigenvalue weighted by Crippen LogP contribution is -2.48. The van der Waals surface area contributed by atoms with E-state index in [0.29, 0.717) is 24.7 Å². The molecule has 2 aliphatic heterocycles. The highest BCUT2D eigenvalue weighted by Crippen LogP contribution is 2.32. The summed E-state index contributed by atoms with van der Waals surface area (Å²) in [7, 11) is 0. The number of ether oxygens (including phenoxy) is 1. The molecule has 3 atom stereocenters. The molecule has 0 N–H and O–H groups in total. The van der Waals surface area contributed by atoms with Gasteiger partial charge in [-0.3, -0.25) is 14.2 Å². The van der Waals surface area contributed by atoms with Crippen LogP contribution >= 0.6 is 11.8 Å². The zero-order valence-electron chi connectivity index (χ0n) is 12.2. The molecular formula is C14H19N3O3S. The number of hydrogen-bond donors (Lipinski definition) is 0. The Morgan fingerprint density at radius 1 is 1.43 bits per heavy atom. The molecule has 0 aliphatic carbocycles. The first kappa shape index (κ1) is 14.6. The van der Waals surface area contributed by atoms with E-state index in [2.05, 4.69) is 4.98 Å². The van der Waals surface area contributed by atoms with Gasteiger partial charge in [-0.2, -0.15) is 0 Å². The van der Waals surface area contributed by atoms with Crippen LogP contribution < -0.4 is 5.56 Å². The van der Waals surface area contributed by atoms with Gasteiger partial charge < -0.3 is 9.64 Å². The van der Waals surface area contributed by atoms with Crippen molar-refractivity contribution in [1.82, 2.24) is 14.5 Å². The van der Waals surface area contributed by atoms with Gasteiger partial charge in [0.25, 0.3) is 5.56 Å². The maximum atomic E-state index is 12.5. The molecule has 0 saturated carbocycles. The number of carbonyl (C=O) groups is 1. The van der Waals surface area contributed by atoms with Crippen molar-refractivity contribution in [2.45, 2.75) is 43.7 Å². The van der Waals surface area contributed by atoms with Crippen molar-refractivity contribution in [3.63, 3.8) is 0 Å². The first-order valence-electron chi connectivity index (χ1n) is 7.18. The third-order valence-corrected chi connectivity index (χ3v) is 4.91. The number of nitrogens with zero attached hydrogens (tertiary/aromatic N) is 3. The van der Waals surface area contributed by atoms with E-state index in [1.165, 1.54) is 24.0 Å². The van der Waals surface area contributed by atoms with Gasteiger partial charge in [-0.05, 0) is 13.8 Å². The van der Waals surface area contributed by atoms with Crippen molar-refractivity contribution in [1.29, 1.82) is 0 Å². The molecule has 1 aromatic heterocycles. The molecule has 1 aromatic rings. The summed E-state index contributed by atoms with van der Waals surface area (Å²) in [6, 6.07) is 1.36. The monoisotopic (exact) mass is 309 g/mol. The SMILES string of the molecule is CC1CN(C(=O)CC2CSc3nccc(=O)n32)CC(C)O1. The number of morpholine rings is 1. The average molecular weight is 309 g/mol. The van der Waals surface area contributed by atoms with E-state index in [1.807, 2.05) is 18.7 Å². The lowest BCUT2D eigenvalue weighted by atomic mass is 10.1. The number of hydrogen-bond acceptors (Lipinski definition) is 5. The van der Waals surface area contributed by atoms with E-state index < -0.39 is 0 Å². The number of carbonyl (C=O) groups excluding carboxylic acids is 1. The highest BCUT2D eigenvalue weighted by Gasteiger charge is 2.31. The minimum Gasteiger partial charge on any atom is -0.372 e. The first-order chi connectivity index (χ1) is 10.0. The van der Waals surface area contributed by atoms with Gasteiger partial charge in [0.1, 0.15) is 0 Å². The minimum absolute atomic E-state index is 0.0623. The van der Waals surface area contributed by atoms with Crippen LogP contribution in [0.2, 0.25) is 0 Å². The molecule has 0 radical (unpaired) electrons. The maximum Gasteiger partial charge on any atom is 0.254 e. The predicted octanol–water partition coefficient (Wildman–Crippen LogP) is 0.916. The Labute approximate surface area is 127 Å². The molecule has 0 aromatic carbocycles. The van der Waals surface area contributed by atoms with Crippen LogP contribution in [0.15, 0.2) is 22.2 Å². The van der Waals surface area contributed by atoms with Crippen molar-refractivity contribution in [3.05, 3.63) is 22.6 Å². The Kier molecular flexibility index (Phi) is 4.03. The molecule has 21 heavy (non-hydrogen) atoms. The number of fused-ring (bicyclic) bond motifs is 1. The normalized spacial score (nSPS) is 28.5. The molecule has 1 saturated heterocycles. The number of thioether (sulfide) groups is 1. The Hall–Kier alpha value is -1.34. The van der Waals surface area contributed by atoms with Crippen molar-refractivity contribution in [3.8, 4) is 0 Å². The Morgan fingerprint density at radius 3 is 2.86 bits per heavy atom. The van der Waals surface area contributed by atoms with E-state index in [9.17, 15) is 9.59 Å². The standard InChI is InChI=1S/C14H19N3O3S/c1-9-6-16(7-10(2)20-9)13(19)5-11-8-21-14-15-4-3-12(18)17(11)14/h3-4,9-11H,5-8H2,1-2H3. The molecule has 0 spiro atoms. The van der Waals surface area contributed by atoms with E-state index in [-0.39, 0.29) is 29.7 Å². The maximum absolute atomic E-state index is 12.5. The third kappa shape index (κ3) is 2.98. The average Bonchev–Trinajstić information content (AvgIpc) is 2.82. The smallest absolute Gasteiger partial charge is 0.254 e. The molecule has 3 rings (SSSR count). The van der Waals surface area contributed by atoms with Gasteiger partial charge in [0.2, 0.25) is 5.91 Å². The summed E-state index contributed by atoms with van der Waals surface area (Å²) in [4.78, 5) is 30.5. The van der Waals surface area contributed by atoms with Crippen LogP contribution in [0.25, 0.3) is 0 Å². The summed E-state index contributed by atoms with van der Waals surface area (Å²) in [6.45, 7) is 5.20. The summed E-state index contributed by atoms with van der Waals surface area (Å²) in [5.41, 5.74) is -0.0773. The highest BCUT2D eigenvalue weighted by atomic mass is 32.2. The molecule has 0 bridgehead atoms. The van der Waals surface area contributed by atoms with Gasteiger partial charge in [-0.1, -0.05) is 11.8 Å². The van der Waals surface area contributed by atoms with Crippen LogP contribution in [0.4, 0.5) is 0 Å². The molecule has 7 heteroatoms. The molecule has 6 nitrogen and oxygen atoms in total. The van der Waals surface area contributed by atoms with E-state index in [1.54, 1.807) is 4.57 Å². The lowest BCUT2D eigenvalue weighted by Gasteiger charge is -2.35. The van der Waals surface area contributed by atoms with Gasteiger partial charge in [0.05, 0.1) is 18.2 Å². The largest absolute Gasteiger partial charge is 0.372 e. The molecule has 1 amide bonds. The highest BCUT2D eigenvalue weighted by molar-refractivity contribution is 7.99. The molecule has 3 unspecified atom stereocenters.